The van der Waals surface area contributed by atoms with Crippen molar-refractivity contribution in [3.63, 3.8) is 0 Å². The Balaban J connectivity index is 1.84. The number of nitro benzene ring substituents is 1. The minimum absolute atomic E-state index is 0.0418. The van der Waals surface area contributed by atoms with Crippen molar-refractivity contribution in [2.45, 2.75) is 25.4 Å². The third-order valence-corrected chi connectivity index (χ3v) is 3.57. The summed E-state index contributed by atoms with van der Waals surface area (Å²) in [6.45, 7) is 2.53. The van der Waals surface area contributed by atoms with E-state index in [-0.39, 0.29) is 11.3 Å². The molecule has 0 saturated carbocycles. The molecule has 1 aliphatic carbocycles. The lowest BCUT2D eigenvalue weighted by Gasteiger charge is -2.26. The number of hydrogen-bond acceptors (Lipinski definition) is 4. The molecule has 0 fully saturated rings. The number of allylic oxidation sites excluding steroid dienone is 1. The fourth-order valence-corrected chi connectivity index (χ4v) is 2.06. The van der Waals surface area contributed by atoms with E-state index in [9.17, 15) is 10.1 Å². The van der Waals surface area contributed by atoms with Gasteiger partial charge in [0.15, 0.2) is 0 Å². The Morgan fingerprint density at radius 3 is 2.86 bits per heavy atom. The number of non-ortho nitro benzene ring substituents is 1. The van der Waals surface area contributed by atoms with Gasteiger partial charge >= 0.3 is 0 Å². The van der Waals surface area contributed by atoms with E-state index in [0.29, 0.717) is 12.4 Å². The maximum Gasteiger partial charge on any atom is 0.273 e. The van der Waals surface area contributed by atoms with E-state index in [1.54, 1.807) is 19.2 Å². The highest BCUT2D eigenvalue weighted by molar-refractivity contribution is 5.38. The van der Waals surface area contributed by atoms with Gasteiger partial charge in [-0.05, 0) is 25.0 Å². The molecule has 0 radical (unpaired) electrons. The van der Waals surface area contributed by atoms with Crippen LogP contribution in [-0.4, -0.2) is 24.2 Å². The van der Waals surface area contributed by atoms with Gasteiger partial charge < -0.3 is 9.47 Å². The van der Waals surface area contributed by atoms with Crippen LogP contribution in [0.4, 0.5) is 5.69 Å². The normalized spacial score (nSPS) is 21.0. The number of rotatable bonds is 6. The van der Waals surface area contributed by atoms with E-state index < -0.39 is 4.92 Å². The molecule has 1 atom stereocenters. The van der Waals surface area contributed by atoms with Crippen LogP contribution in [0.5, 0.6) is 5.75 Å². The first-order chi connectivity index (χ1) is 10.0. The second kappa shape index (κ2) is 6.54. The lowest BCUT2D eigenvalue weighted by Crippen LogP contribution is -2.25. The van der Waals surface area contributed by atoms with Crippen LogP contribution in [0.3, 0.4) is 0 Å². The molecule has 0 heterocycles. The standard InChI is InChI=1S/C16H19NO4/c1-16(20-2)9-6-13(7-10-16)8-11-21-15-5-3-4-14(12-15)17(18)19/h3-7,9,12H,8,10-11H2,1-2H3. The lowest BCUT2D eigenvalue weighted by atomic mass is 9.93. The van der Waals surface area contributed by atoms with Gasteiger partial charge in [0.2, 0.25) is 0 Å². The molecule has 1 aromatic carbocycles. The summed E-state index contributed by atoms with van der Waals surface area (Å²) >= 11 is 0. The first-order valence-electron chi connectivity index (χ1n) is 6.83. The zero-order valence-corrected chi connectivity index (χ0v) is 12.2. The summed E-state index contributed by atoms with van der Waals surface area (Å²) in [5.41, 5.74) is 1.01. The van der Waals surface area contributed by atoms with Gasteiger partial charge in [0.1, 0.15) is 5.75 Å². The molecule has 0 aromatic heterocycles. The molecule has 0 spiro atoms. The minimum atomic E-state index is -0.426. The van der Waals surface area contributed by atoms with Crippen LogP contribution in [0.1, 0.15) is 19.8 Å². The smallest absolute Gasteiger partial charge is 0.273 e. The number of nitro groups is 1. The van der Waals surface area contributed by atoms with Crippen LogP contribution in [-0.2, 0) is 4.74 Å². The molecule has 0 bridgehead atoms. The maximum absolute atomic E-state index is 10.7. The van der Waals surface area contributed by atoms with Crippen LogP contribution in [0.25, 0.3) is 0 Å². The van der Waals surface area contributed by atoms with Crippen molar-refractivity contribution in [3.8, 4) is 5.75 Å². The number of benzene rings is 1. The van der Waals surface area contributed by atoms with Gasteiger partial charge in [0.05, 0.1) is 23.2 Å². The Morgan fingerprint density at radius 2 is 2.24 bits per heavy atom. The summed E-state index contributed by atoms with van der Waals surface area (Å²) in [6, 6.07) is 6.23. The number of ether oxygens (including phenoxy) is 2. The largest absolute Gasteiger partial charge is 0.493 e. The summed E-state index contributed by atoms with van der Waals surface area (Å²) in [7, 11) is 1.70. The van der Waals surface area contributed by atoms with Gasteiger partial charge in [0, 0.05) is 19.6 Å². The monoisotopic (exact) mass is 289 g/mol. The highest BCUT2D eigenvalue weighted by atomic mass is 16.6. The van der Waals surface area contributed by atoms with E-state index in [2.05, 4.69) is 12.2 Å². The quantitative estimate of drug-likeness (QED) is 0.592. The van der Waals surface area contributed by atoms with Gasteiger partial charge in [-0.25, -0.2) is 0 Å². The van der Waals surface area contributed by atoms with Crippen molar-refractivity contribution >= 4 is 5.69 Å². The Bertz CT molecular complexity index is 579. The van der Waals surface area contributed by atoms with Crippen molar-refractivity contribution in [3.05, 3.63) is 58.2 Å². The number of nitrogens with zero attached hydrogens (tertiary/aromatic N) is 1. The van der Waals surface area contributed by atoms with Crippen LogP contribution < -0.4 is 4.74 Å². The molecule has 1 aliphatic rings. The molecule has 112 valence electrons. The highest BCUT2D eigenvalue weighted by Gasteiger charge is 2.21. The van der Waals surface area contributed by atoms with Gasteiger partial charge in [-0.15, -0.1) is 0 Å². The average molecular weight is 289 g/mol. The third kappa shape index (κ3) is 4.16. The third-order valence-electron chi connectivity index (χ3n) is 3.57. The highest BCUT2D eigenvalue weighted by Crippen LogP contribution is 2.25. The van der Waals surface area contributed by atoms with Crippen LogP contribution in [0, 0.1) is 10.1 Å². The predicted octanol–water partition coefficient (Wildman–Crippen LogP) is 3.66. The minimum Gasteiger partial charge on any atom is -0.493 e. The second-order valence-electron chi connectivity index (χ2n) is 5.19. The average Bonchev–Trinajstić information content (AvgIpc) is 2.50. The van der Waals surface area contributed by atoms with Crippen LogP contribution >= 0.6 is 0 Å². The predicted molar refractivity (Wildman–Crippen MR) is 80.5 cm³/mol. The molecule has 5 heteroatoms. The molecule has 0 amide bonds. The molecule has 1 aromatic rings. The van der Waals surface area contributed by atoms with Crippen molar-refractivity contribution in [2.24, 2.45) is 0 Å². The molecule has 0 saturated heterocycles. The Morgan fingerprint density at radius 1 is 1.43 bits per heavy atom. The molecule has 21 heavy (non-hydrogen) atoms. The number of methoxy groups -OCH3 is 1. The van der Waals surface area contributed by atoms with Gasteiger partial charge in [-0.2, -0.15) is 0 Å². The van der Waals surface area contributed by atoms with Crippen molar-refractivity contribution in [1.82, 2.24) is 0 Å². The first-order valence-corrected chi connectivity index (χ1v) is 6.83. The molecule has 0 aliphatic heterocycles. The molecule has 5 nitrogen and oxygen atoms in total. The second-order valence-corrected chi connectivity index (χ2v) is 5.19. The van der Waals surface area contributed by atoms with E-state index in [1.165, 1.54) is 17.7 Å². The topological polar surface area (TPSA) is 61.6 Å². The first kappa shape index (κ1) is 15.3. The van der Waals surface area contributed by atoms with E-state index >= 15 is 0 Å². The number of hydrogen-bond donors (Lipinski definition) is 0. The van der Waals surface area contributed by atoms with Gasteiger partial charge in [-0.3, -0.25) is 10.1 Å². The maximum atomic E-state index is 10.7. The van der Waals surface area contributed by atoms with Crippen LogP contribution in [0.2, 0.25) is 0 Å². The summed E-state index contributed by atoms with van der Waals surface area (Å²) < 4.78 is 11.0. The Hall–Kier alpha value is -2.14. The van der Waals surface area contributed by atoms with Crippen molar-refractivity contribution < 1.29 is 14.4 Å². The Kier molecular flexibility index (Phi) is 4.75. The van der Waals surface area contributed by atoms with Crippen molar-refractivity contribution in [1.29, 1.82) is 0 Å². The fourth-order valence-electron chi connectivity index (χ4n) is 2.06. The summed E-state index contributed by atoms with van der Waals surface area (Å²) in [5.74, 6) is 0.520. The SMILES string of the molecule is COC1(C)C=CC(CCOc2cccc([N+](=O)[O-])c2)=CC1. The van der Waals surface area contributed by atoms with Crippen molar-refractivity contribution in [2.75, 3.05) is 13.7 Å². The molecular weight excluding hydrogens is 270 g/mol. The molecule has 2 rings (SSSR count). The Labute approximate surface area is 124 Å². The summed E-state index contributed by atoms with van der Waals surface area (Å²) in [4.78, 5) is 10.3. The lowest BCUT2D eigenvalue weighted by molar-refractivity contribution is -0.384. The van der Waals surface area contributed by atoms with Gasteiger partial charge in [0.25, 0.3) is 5.69 Å². The summed E-state index contributed by atoms with van der Waals surface area (Å²) in [5, 5.41) is 10.7. The van der Waals surface area contributed by atoms with E-state index in [0.717, 1.165) is 12.8 Å². The molecular formula is C16H19NO4. The fraction of sp³-hybridized carbons (Fsp3) is 0.375. The van der Waals surface area contributed by atoms with E-state index in [4.69, 9.17) is 9.47 Å². The zero-order valence-electron chi connectivity index (χ0n) is 12.2. The zero-order chi connectivity index (χ0) is 15.3. The summed E-state index contributed by atoms with van der Waals surface area (Å²) in [6.07, 6.45) is 7.84. The molecule has 0 N–H and O–H groups in total. The molecule has 1 unspecified atom stereocenters. The van der Waals surface area contributed by atoms with Crippen LogP contribution in [0.15, 0.2) is 48.1 Å². The van der Waals surface area contributed by atoms with Gasteiger partial charge in [-0.1, -0.05) is 24.3 Å². The van der Waals surface area contributed by atoms with E-state index in [1.807, 2.05) is 13.0 Å².